The summed E-state index contributed by atoms with van der Waals surface area (Å²) in [5, 5.41) is 5.82. The van der Waals surface area contributed by atoms with Crippen molar-refractivity contribution in [2.45, 2.75) is 25.7 Å². The fraction of sp³-hybridized carbons (Fsp3) is 0.292. The number of cyclic esters (lactones) is 1. The predicted octanol–water partition coefficient (Wildman–Crippen LogP) is 2.25. The predicted molar refractivity (Wildman–Crippen MR) is 119 cm³/mol. The first-order valence-electron chi connectivity index (χ1n) is 10.5. The van der Waals surface area contributed by atoms with Crippen molar-refractivity contribution >= 4 is 29.2 Å². The van der Waals surface area contributed by atoms with E-state index in [2.05, 4.69) is 10.6 Å². The molecule has 32 heavy (non-hydrogen) atoms. The Labute approximate surface area is 186 Å². The van der Waals surface area contributed by atoms with E-state index in [4.69, 9.17) is 9.47 Å². The van der Waals surface area contributed by atoms with Gasteiger partial charge in [-0.3, -0.25) is 15.0 Å². The van der Waals surface area contributed by atoms with Gasteiger partial charge in [0.15, 0.2) is 0 Å². The number of benzene rings is 2. The number of nitrogens with one attached hydrogen (secondary N) is 2. The van der Waals surface area contributed by atoms with Gasteiger partial charge < -0.3 is 14.8 Å². The highest BCUT2D eigenvalue weighted by molar-refractivity contribution is 5.90. The van der Waals surface area contributed by atoms with E-state index < -0.39 is 12.1 Å². The van der Waals surface area contributed by atoms with Gasteiger partial charge in [-0.2, -0.15) is 0 Å². The minimum absolute atomic E-state index is 0.162. The van der Waals surface area contributed by atoms with Crippen molar-refractivity contribution in [2.24, 2.45) is 0 Å². The summed E-state index contributed by atoms with van der Waals surface area (Å²) >= 11 is 0. The van der Waals surface area contributed by atoms with Crippen LogP contribution in [0.25, 0.3) is 5.57 Å². The topological polar surface area (TPSA) is 97.0 Å². The SMILES string of the molecule is CC(=O)NC[C@H]1CN(c2ccc(C3=C[C@@H](C(=O)OCc4ccccc4)NC3)cc2)C(=O)O1. The van der Waals surface area contributed by atoms with E-state index in [1.807, 2.05) is 60.7 Å². The molecule has 0 saturated carbocycles. The molecule has 8 nitrogen and oxygen atoms in total. The number of rotatable bonds is 7. The second-order valence-electron chi connectivity index (χ2n) is 7.74. The third-order valence-electron chi connectivity index (χ3n) is 5.36. The molecule has 8 heteroatoms. The summed E-state index contributed by atoms with van der Waals surface area (Å²) in [6.45, 7) is 2.88. The van der Waals surface area contributed by atoms with Gasteiger partial charge >= 0.3 is 12.1 Å². The molecular formula is C24H25N3O5. The van der Waals surface area contributed by atoms with Crippen molar-refractivity contribution < 1.29 is 23.9 Å². The third-order valence-corrected chi connectivity index (χ3v) is 5.36. The standard InChI is InChI=1S/C24H25N3O5/c1-16(28)25-13-21-14-27(24(30)32-21)20-9-7-18(8-10-20)19-11-22(26-12-19)23(29)31-15-17-5-3-2-4-6-17/h2-11,21-22,26H,12-15H2,1H3,(H,25,28)/t21-,22-/m0/s1. The number of amides is 2. The van der Waals surface area contributed by atoms with E-state index in [1.165, 1.54) is 6.92 Å². The zero-order chi connectivity index (χ0) is 22.5. The van der Waals surface area contributed by atoms with Crippen LogP contribution in [0.15, 0.2) is 60.7 Å². The molecule has 166 valence electrons. The zero-order valence-electron chi connectivity index (χ0n) is 17.7. The number of anilines is 1. The highest BCUT2D eigenvalue weighted by Crippen LogP contribution is 2.26. The summed E-state index contributed by atoms with van der Waals surface area (Å²) in [6, 6.07) is 16.6. The molecular weight excluding hydrogens is 410 g/mol. The summed E-state index contributed by atoms with van der Waals surface area (Å²) in [5.41, 5.74) is 3.61. The van der Waals surface area contributed by atoms with Gasteiger partial charge in [-0.25, -0.2) is 9.59 Å². The molecule has 1 saturated heterocycles. The highest BCUT2D eigenvalue weighted by atomic mass is 16.6. The van der Waals surface area contributed by atoms with Crippen LogP contribution in [-0.4, -0.2) is 49.7 Å². The molecule has 2 atom stereocenters. The molecule has 2 aromatic carbocycles. The lowest BCUT2D eigenvalue weighted by molar-refractivity contribution is -0.145. The van der Waals surface area contributed by atoms with Crippen LogP contribution in [0, 0.1) is 0 Å². The largest absolute Gasteiger partial charge is 0.459 e. The maximum Gasteiger partial charge on any atom is 0.414 e. The van der Waals surface area contributed by atoms with Crippen LogP contribution >= 0.6 is 0 Å². The molecule has 0 aliphatic carbocycles. The van der Waals surface area contributed by atoms with E-state index in [0.29, 0.717) is 13.1 Å². The third kappa shape index (κ3) is 5.15. The van der Waals surface area contributed by atoms with Gasteiger partial charge in [-0.05, 0) is 28.8 Å². The molecule has 0 spiro atoms. The number of ether oxygens (including phenoxy) is 2. The Morgan fingerprint density at radius 2 is 1.91 bits per heavy atom. The quantitative estimate of drug-likeness (QED) is 0.648. The maximum atomic E-state index is 12.4. The smallest absolute Gasteiger partial charge is 0.414 e. The second kappa shape index (κ2) is 9.65. The van der Waals surface area contributed by atoms with E-state index in [-0.39, 0.29) is 31.1 Å². The molecule has 0 bridgehead atoms. The Morgan fingerprint density at radius 3 is 2.62 bits per heavy atom. The molecule has 0 aromatic heterocycles. The summed E-state index contributed by atoms with van der Waals surface area (Å²) in [7, 11) is 0. The normalized spacial score (nSPS) is 20.0. The van der Waals surface area contributed by atoms with Gasteiger partial charge in [0.05, 0.1) is 13.1 Å². The number of hydrogen-bond acceptors (Lipinski definition) is 6. The summed E-state index contributed by atoms with van der Waals surface area (Å²) in [6.07, 6.45) is 1.06. The van der Waals surface area contributed by atoms with Gasteiger partial charge in [0.25, 0.3) is 0 Å². The summed E-state index contributed by atoms with van der Waals surface area (Å²) in [4.78, 5) is 37.1. The molecule has 2 amide bonds. The number of hydrogen-bond donors (Lipinski definition) is 2. The Hall–Kier alpha value is -3.65. The molecule has 2 aliphatic heterocycles. The highest BCUT2D eigenvalue weighted by Gasteiger charge is 2.32. The lowest BCUT2D eigenvalue weighted by atomic mass is 10.1. The Morgan fingerprint density at radius 1 is 1.16 bits per heavy atom. The van der Waals surface area contributed by atoms with E-state index in [1.54, 1.807) is 4.90 Å². The number of carbonyl (C=O) groups is 3. The molecule has 0 unspecified atom stereocenters. The Balaban J connectivity index is 1.34. The van der Waals surface area contributed by atoms with Crippen LogP contribution in [0.5, 0.6) is 0 Å². The number of nitrogens with zero attached hydrogens (tertiary/aromatic N) is 1. The van der Waals surface area contributed by atoms with E-state index in [9.17, 15) is 14.4 Å². The monoisotopic (exact) mass is 435 g/mol. The average molecular weight is 435 g/mol. The number of esters is 1. The molecule has 2 heterocycles. The fourth-order valence-corrected chi connectivity index (χ4v) is 3.66. The fourth-order valence-electron chi connectivity index (χ4n) is 3.66. The van der Waals surface area contributed by atoms with Crippen LogP contribution in [0.1, 0.15) is 18.1 Å². The molecule has 0 radical (unpaired) electrons. The van der Waals surface area contributed by atoms with Crippen molar-refractivity contribution in [2.75, 3.05) is 24.5 Å². The Kier molecular flexibility index (Phi) is 6.51. The van der Waals surface area contributed by atoms with E-state index >= 15 is 0 Å². The first-order chi connectivity index (χ1) is 15.5. The van der Waals surface area contributed by atoms with Crippen LogP contribution < -0.4 is 15.5 Å². The van der Waals surface area contributed by atoms with Gasteiger partial charge in [-0.1, -0.05) is 48.5 Å². The lowest BCUT2D eigenvalue weighted by Crippen LogP contribution is -2.33. The van der Waals surface area contributed by atoms with Gasteiger partial charge in [0.1, 0.15) is 18.8 Å². The zero-order valence-corrected chi connectivity index (χ0v) is 17.7. The van der Waals surface area contributed by atoms with Crippen LogP contribution in [0.4, 0.5) is 10.5 Å². The molecule has 2 aliphatic rings. The van der Waals surface area contributed by atoms with E-state index in [0.717, 1.165) is 22.4 Å². The van der Waals surface area contributed by atoms with Gasteiger partial charge in [0.2, 0.25) is 5.91 Å². The first kappa shape index (κ1) is 21.6. The minimum Gasteiger partial charge on any atom is -0.459 e. The maximum absolute atomic E-state index is 12.4. The van der Waals surface area contributed by atoms with Crippen molar-refractivity contribution in [3.8, 4) is 0 Å². The summed E-state index contributed by atoms with van der Waals surface area (Å²) < 4.78 is 10.7. The summed E-state index contributed by atoms with van der Waals surface area (Å²) in [5.74, 6) is -0.477. The van der Waals surface area contributed by atoms with Crippen LogP contribution in [0.2, 0.25) is 0 Å². The molecule has 2 aromatic rings. The van der Waals surface area contributed by atoms with Crippen LogP contribution in [0.3, 0.4) is 0 Å². The first-order valence-corrected chi connectivity index (χ1v) is 10.5. The molecule has 1 fully saturated rings. The van der Waals surface area contributed by atoms with Crippen LogP contribution in [-0.2, 0) is 25.7 Å². The molecule has 4 rings (SSSR count). The minimum atomic E-state index is -0.489. The van der Waals surface area contributed by atoms with Crippen molar-refractivity contribution in [1.29, 1.82) is 0 Å². The van der Waals surface area contributed by atoms with Crippen molar-refractivity contribution in [3.05, 3.63) is 71.8 Å². The second-order valence-corrected chi connectivity index (χ2v) is 7.74. The van der Waals surface area contributed by atoms with Crippen molar-refractivity contribution in [1.82, 2.24) is 10.6 Å². The van der Waals surface area contributed by atoms with Gasteiger partial charge in [0, 0.05) is 19.2 Å². The number of carbonyl (C=O) groups excluding carboxylic acids is 3. The lowest BCUT2D eigenvalue weighted by Gasteiger charge is -2.14. The van der Waals surface area contributed by atoms with Gasteiger partial charge in [-0.15, -0.1) is 0 Å². The Bertz CT molecular complexity index is 1020. The average Bonchev–Trinajstić information content (AvgIpc) is 3.44. The van der Waals surface area contributed by atoms with Crippen molar-refractivity contribution in [3.63, 3.8) is 0 Å². The molecule has 2 N–H and O–H groups in total.